The summed E-state index contributed by atoms with van der Waals surface area (Å²) in [5.74, 6) is -2.24. The first-order chi connectivity index (χ1) is 14.8. The number of esters is 1. The molecule has 0 saturated heterocycles. The van der Waals surface area contributed by atoms with Crippen molar-refractivity contribution in [3.05, 3.63) is 47.5 Å². The first kappa shape index (κ1) is 23.9. The molecule has 1 unspecified atom stereocenters. The summed E-state index contributed by atoms with van der Waals surface area (Å²) in [7, 11) is 0. The third-order valence-corrected chi connectivity index (χ3v) is 3.98. The number of rotatable bonds is 10. The number of carbonyl (C=O) groups is 2. The van der Waals surface area contributed by atoms with Crippen molar-refractivity contribution in [1.29, 1.82) is 0 Å². The van der Waals surface area contributed by atoms with Gasteiger partial charge in [0.05, 0.1) is 31.1 Å². The van der Waals surface area contributed by atoms with Gasteiger partial charge in [0.1, 0.15) is 11.6 Å². The average molecular weight is 437 g/mol. The van der Waals surface area contributed by atoms with Crippen LogP contribution in [0.15, 0.2) is 30.3 Å². The molecule has 168 valence electrons. The number of nitrogens with one attached hydrogen (secondary N) is 1. The normalized spacial score (nSPS) is 11.4. The second-order valence-corrected chi connectivity index (χ2v) is 6.26. The van der Waals surface area contributed by atoms with Crippen LogP contribution in [0.2, 0.25) is 0 Å². The summed E-state index contributed by atoms with van der Waals surface area (Å²) in [4.78, 5) is 24.9. The van der Waals surface area contributed by atoms with Crippen LogP contribution in [0.4, 0.5) is 14.5 Å². The summed E-state index contributed by atoms with van der Waals surface area (Å²) >= 11 is 0. The molecule has 0 heterocycles. The molecule has 0 fully saturated rings. The third kappa shape index (κ3) is 6.31. The number of hydrogen-bond donors (Lipinski definition) is 1. The Balaban J connectivity index is 2.21. The molecule has 1 amide bonds. The number of carbonyl (C=O) groups excluding carboxylic acids is 2. The first-order valence-electron chi connectivity index (χ1n) is 9.83. The lowest BCUT2D eigenvalue weighted by Crippen LogP contribution is -2.30. The van der Waals surface area contributed by atoms with Gasteiger partial charge >= 0.3 is 5.97 Å². The van der Waals surface area contributed by atoms with E-state index in [4.69, 9.17) is 18.9 Å². The quantitative estimate of drug-likeness (QED) is 0.557. The molecule has 0 aliphatic carbocycles. The van der Waals surface area contributed by atoms with Gasteiger partial charge in [-0.2, -0.15) is 0 Å². The van der Waals surface area contributed by atoms with Gasteiger partial charge in [-0.3, -0.25) is 4.79 Å². The van der Waals surface area contributed by atoms with E-state index >= 15 is 0 Å². The second-order valence-electron chi connectivity index (χ2n) is 6.26. The molecule has 0 bridgehead atoms. The van der Waals surface area contributed by atoms with Crippen molar-refractivity contribution in [2.24, 2.45) is 0 Å². The molecule has 2 rings (SSSR count). The maximum atomic E-state index is 13.7. The smallest absolute Gasteiger partial charge is 0.339 e. The van der Waals surface area contributed by atoms with Crippen LogP contribution in [0.25, 0.3) is 0 Å². The first-order valence-corrected chi connectivity index (χ1v) is 9.83. The van der Waals surface area contributed by atoms with Crippen LogP contribution in [0.1, 0.15) is 38.1 Å². The van der Waals surface area contributed by atoms with Crippen molar-refractivity contribution in [3.63, 3.8) is 0 Å². The minimum Gasteiger partial charge on any atom is -0.490 e. The lowest BCUT2D eigenvalue weighted by Gasteiger charge is -2.18. The zero-order valence-electron chi connectivity index (χ0n) is 17.8. The molecule has 0 aliphatic rings. The zero-order valence-corrected chi connectivity index (χ0v) is 17.8. The zero-order chi connectivity index (χ0) is 23.0. The van der Waals surface area contributed by atoms with E-state index in [2.05, 4.69) is 5.32 Å². The monoisotopic (exact) mass is 437 g/mol. The number of ether oxygens (including phenoxy) is 4. The van der Waals surface area contributed by atoms with E-state index < -0.39 is 29.6 Å². The van der Waals surface area contributed by atoms with Gasteiger partial charge in [-0.05, 0) is 52.0 Å². The van der Waals surface area contributed by atoms with Gasteiger partial charge in [-0.1, -0.05) is 0 Å². The van der Waals surface area contributed by atoms with Crippen LogP contribution in [-0.4, -0.2) is 37.8 Å². The van der Waals surface area contributed by atoms with Crippen LogP contribution in [0.3, 0.4) is 0 Å². The Hall–Kier alpha value is -3.36. The molecule has 1 N–H and O–H groups in total. The maximum Gasteiger partial charge on any atom is 0.339 e. The molecule has 0 spiro atoms. The largest absolute Gasteiger partial charge is 0.490 e. The van der Waals surface area contributed by atoms with Gasteiger partial charge in [0.15, 0.2) is 17.6 Å². The number of benzene rings is 2. The van der Waals surface area contributed by atoms with Crippen molar-refractivity contribution >= 4 is 17.6 Å². The summed E-state index contributed by atoms with van der Waals surface area (Å²) in [5.41, 5.74) is -0.279. The van der Waals surface area contributed by atoms with Crippen molar-refractivity contribution < 1.29 is 37.3 Å². The van der Waals surface area contributed by atoms with E-state index in [1.807, 2.05) is 0 Å². The molecule has 2 aromatic carbocycles. The summed E-state index contributed by atoms with van der Waals surface area (Å²) in [6.07, 6.45) is -1.28. The van der Waals surface area contributed by atoms with E-state index in [0.717, 1.165) is 18.2 Å². The molecular formula is C22H25F2NO6. The minimum atomic E-state index is -1.28. The highest BCUT2D eigenvalue weighted by Crippen LogP contribution is 2.39. The lowest BCUT2D eigenvalue weighted by molar-refractivity contribution is -0.123. The van der Waals surface area contributed by atoms with Gasteiger partial charge in [0.2, 0.25) is 5.75 Å². The Labute approximate surface area is 179 Å². The number of anilines is 1. The minimum absolute atomic E-state index is 0.0759. The van der Waals surface area contributed by atoms with Crippen LogP contribution in [0, 0.1) is 11.6 Å². The fraction of sp³-hybridized carbons (Fsp3) is 0.364. The molecule has 7 nitrogen and oxygen atoms in total. The molecule has 1 atom stereocenters. The summed E-state index contributed by atoms with van der Waals surface area (Å²) in [6, 6.07) is 5.49. The maximum absolute atomic E-state index is 13.7. The average Bonchev–Trinajstić information content (AvgIpc) is 2.73. The fourth-order valence-corrected chi connectivity index (χ4v) is 2.62. The Kier molecular flexibility index (Phi) is 8.60. The highest BCUT2D eigenvalue weighted by molar-refractivity contribution is 5.97. The number of hydrogen-bond acceptors (Lipinski definition) is 6. The molecule has 2 aromatic rings. The topological polar surface area (TPSA) is 83.1 Å². The van der Waals surface area contributed by atoms with Gasteiger partial charge in [-0.25, -0.2) is 13.6 Å². The third-order valence-electron chi connectivity index (χ3n) is 3.98. The van der Waals surface area contributed by atoms with Gasteiger partial charge in [0, 0.05) is 6.07 Å². The van der Waals surface area contributed by atoms with Crippen molar-refractivity contribution in [3.8, 4) is 17.2 Å². The van der Waals surface area contributed by atoms with E-state index in [1.54, 1.807) is 20.8 Å². The van der Waals surface area contributed by atoms with Crippen molar-refractivity contribution in [2.45, 2.75) is 33.8 Å². The van der Waals surface area contributed by atoms with E-state index in [9.17, 15) is 18.4 Å². The Morgan fingerprint density at radius 1 is 0.935 bits per heavy atom. The van der Waals surface area contributed by atoms with E-state index in [-0.39, 0.29) is 11.3 Å². The van der Waals surface area contributed by atoms with Crippen molar-refractivity contribution in [1.82, 2.24) is 0 Å². The lowest BCUT2D eigenvalue weighted by atomic mass is 10.1. The highest BCUT2D eigenvalue weighted by atomic mass is 19.1. The SMILES string of the molecule is CCOc1cc(C(=O)OC(C)C(=O)Nc2cc(F)ccc2F)cc(OCC)c1OCC. The van der Waals surface area contributed by atoms with Crippen LogP contribution in [-0.2, 0) is 9.53 Å². The predicted octanol–water partition coefficient (Wildman–Crippen LogP) is 4.34. The van der Waals surface area contributed by atoms with Crippen molar-refractivity contribution in [2.75, 3.05) is 25.1 Å². The van der Waals surface area contributed by atoms with E-state index in [0.29, 0.717) is 37.1 Å². The highest BCUT2D eigenvalue weighted by Gasteiger charge is 2.23. The summed E-state index contributed by atoms with van der Waals surface area (Å²) in [5, 5.41) is 2.20. The Morgan fingerprint density at radius 3 is 2.06 bits per heavy atom. The molecule has 0 radical (unpaired) electrons. The Morgan fingerprint density at radius 2 is 1.52 bits per heavy atom. The molecule has 9 heteroatoms. The second kappa shape index (κ2) is 11.1. The van der Waals surface area contributed by atoms with Crippen LogP contribution >= 0.6 is 0 Å². The van der Waals surface area contributed by atoms with Gasteiger partial charge in [-0.15, -0.1) is 0 Å². The fourth-order valence-electron chi connectivity index (χ4n) is 2.62. The summed E-state index contributed by atoms with van der Waals surface area (Å²) < 4.78 is 48.9. The predicted molar refractivity (Wildman–Crippen MR) is 110 cm³/mol. The molecule has 0 aromatic heterocycles. The number of halogens is 2. The van der Waals surface area contributed by atoms with Gasteiger partial charge in [0.25, 0.3) is 5.91 Å². The standard InChI is InChI=1S/C22H25F2NO6/c1-5-28-18-10-14(11-19(29-6-2)20(18)30-7-3)22(27)31-13(4)21(26)25-17-12-15(23)8-9-16(17)24/h8-13H,5-7H2,1-4H3,(H,25,26). The van der Waals surface area contributed by atoms with Crippen LogP contribution in [0.5, 0.6) is 17.2 Å². The Bertz CT molecular complexity index is 907. The molecular weight excluding hydrogens is 412 g/mol. The number of amides is 1. The van der Waals surface area contributed by atoms with Crippen LogP contribution < -0.4 is 19.5 Å². The van der Waals surface area contributed by atoms with E-state index in [1.165, 1.54) is 19.1 Å². The summed E-state index contributed by atoms with van der Waals surface area (Å²) in [6.45, 7) is 7.67. The molecule has 0 aliphatic heterocycles. The molecule has 0 saturated carbocycles. The molecule has 31 heavy (non-hydrogen) atoms. The van der Waals surface area contributed by atoms with Gasteiger partial charge < -0.3 is 24.3 Å².